The topological polar surface area (TPSA) is 46.2 Å². The first kappa shape index (κ1) is 13.0. The molecule has 1 aliphatic rings. The minimum Gasteiger partial charge on any atom is -0.396 e. The van der Waals surface area contributed by atoms with Crippen LogP contribution in [-0.4, -0.2) is 18.3 Å². The summed E-state index contributed by atoms with van der Waals surface area (Å²) >= 11 is 0. The highest BCUT2D eigenvalue weighted by molar-refractivity contribution is 4.88. The zero-order valence-electron chi connectivity index (χ0n) is 10.3. The second-order valence-corrected chi connectivity index (χ2v) is 5.40. The molecule has 1 unspecified atom stereocenters. The molecule has 1 saturated carbocycles. The van der Waals surface area contributed by atoms with E-state index in [-0.39, 0.29) is 12.0 Å². The normalized spacial score (nSPS) is 20.6. The van der Waals surface area contributed by atoms with Crippen LogP contribution < -0.4 is 5.73 Å². The molecule has 1 aliphatic carbocycles. The SMILES string of the molecule is CCC(CC)CC(CN)(CO)CC1CC1. The lowest BCUT2D eigenvalue weighted by Crippen LogP contribution is -2.36. The van der Waals surface area contributed by atoms with Gasteiger partial charge >= 0.3 is 0 Å². The van der Waals surface area contributed by atoms with E-state index in [1.54, 1.807) is 0 Å². The molecule has 2 nitrogen and oxygen atoms in total. The van der Waals surface area contributed by atoms with E-state index in [4.69, 9.17) is 5.73 Å². The van der Waals surface area contributed by atoms with Gasteiger partial charge in [0.2, 0.25) is 0 Å². The van der Waals surface area contributed by atoms with Crippen molar-refractivity contribution in [3.05, 3.63) is 0 Å². The fraction of sp³-hybridized carbons (Fsp3) is 1.00. The smallest absolute Gasteiger partial charge is 0.0499 e. The summed E-state index contributed by atoms with van der Waals surface area (Å²) in [4.78, 5) is 0. The second kappa shape index (κ2) is 5.86. The molecule has 15 heavy (non-hydrogen) atoms. The Balaban J connectivity index is 2.52. The van der Waals surface area contributed by atoms with E-state index < -0.39 is 0 Å². The van der Waals surface area contributed by atoms with E-state index in [0.29, 0.717) is 6.54 Å². The third kappa shape index (κ3) is 3.76. The van der Waals surface area contributed by atoms with Crippen LogP contribution in [-0.2, 0) is 0 Å². The first-order chi connectivity index (χ1) is 7.19. The zero-order valence-corrected chi connectivity index (χ0v) is 10.3. The van der Waals surface area contributed by atoms with Gasteiger partial charge in [0, 0.05) is 18.6 Å². The van der Waals surface area contributed by atoms with Gasteiger partial charge < -0.3 is 10.8 Å². The maximum absolute atomic E-state index is 9.61. The van der Waals surface area contributed by atoms with Gasteiger partial charge in [-0.1, -0.05) is 39.5 Å². The number of hydrogen-bond acceptors (Lipinski definition) is 2. The Labute approximate surface area is 94.2 Å². The summed E-state index contributed by atoms with van der Waals surface area (Å²) in [5.41, 5.74) is 5.92. The van der Waals surface area contributed by atoms with Crippen LogP contribution in [0.2, 0.25) is 0 Å². The largest absolute Gasteiger partial charge is 0.396 e. The molecule has 0 saturated heterocycles. The van der Waals surface area contributed by atoms with E-state index in [1.165, 1.54) is 25.7 Å². The molecule has 1 rings (SSSR count). The molecule has 0 spiro atoms. The highest BCUT2D eigenvalue weighted by Crippen LogP contribution is 2.43. The van der Waals surface area contributed by atoms with E-state index in [2.05, 4.69) is 13.8 Å². The molecule has 0 bridgehead atoms. The summed E-state index contributed by atoms with van der Waals surface area (Å²) in [6, 6.07) is 0. The summed E-state index contributed by atoms with van der Waals surface area (Å²) in [5.74, 6) is 1.59. The van der Waals surface area contributed by atoms with Crippen molar-refractivity contribution in [3.63, 3.8) is 0 Å². The molecule has 0 aliphatic heterocycles. The molecule has 0 aromatic carbocycles. The van der Waals surface area contributed by atoms with Gasteiger partial charge in [0.25, 0.3) is 0 Å². The maximum atomic E-state index is 9.61. The highest BCUT2D eigenvalue weighted by atomic mass is 16.3. The Morgan fingerprint density at radius 1 is 1.33 bits per heavy atom. The van der Waals surface area contributed by atoms with Crippen LogP contribution in [0.1, 0.15) is 52.4 Å². The first-order valence-electron chi connectivity index (χ1n) is 6.50. The Kier molecular flexibility index (Phi) is 5.07. The summed E-state index contributed by atoms with van der Waals surface area (Å²) in [6.07, 6.45) is 7.39. The molecule has 1 atom stereocenters. The zero-order chi connectivity index (χ0) is 11.3. The summed E-state index contributed by atoms with van der Waals surface area (Å²) in [7, 11) is 0. The van der Waals surface area contributed by atoms with Crippen LogP contribution in [0.15, 0.2) is 0 Å². The molecule has 0 amide bonds. The van der Waals surface area contributed by atoms with Gasteiger partial charge in [-0.2, -0.15) is 0 Å². The van der Waals surface area contributed by atoms with Crippen molar-refractivity contribution in [1.82, 2.24) is 0 Å². The standard InChI is InChI=1S/C13H27NO/c1-3-11(4-2)7-13(9-14,10-15)8-12-5-6-12/h11-12,15H,3-10,14H2,1-2H3. The fourth-order valence-corrected chi connectivity index (χ4v) is 2.57. The van der Waals surface area contributed by atoms with E-state index in [0.717, 1.165) is 24.7 Å². The number of aliphatic hydroxyl groups is 1. The third-order valence-electron chi connectivity index (χ3n) is 4.06. The number of aliphatic hydroxyl groups excluding tert-OH is 1. The van der Waals surface area contributed by atoms with Gasteiger partial charge in [0.05, 0.1) is 0 Å². The van der Waals surface area contributed by atoms with Crippen molar-refractivity contribution in [1.29, 1.82) is 0 Å². The van der Waals surface area contributed by atoms with Crippen LogP contribution in [0.4, 0.5) is 0 Å². The van der Waals surface area contributed by atoms with Crippen molar-refractivity contribution < 1.29 is 5.11 Å². The summed E-state index contributed by atoms with van der Waals surface area (Å²) in [6.45, 7) is 5.40. The Hall–Kier alpha value is -0.0800. The fourth-order valence-electron chi connectivity index (χ4n) is 2.57. The number of hydrogen-bond donors (Lipinski definition) is 2. The summed E-state index contributed by atoms with van der Waals surface area (Å²) < 4.78 is 0. The van der Waals surface area contributed by atoms with Gasteiger partial charge in [-0.25, -0.2) is 0 Å². The van der Waals surface area contributed by atoms with E-state index >= 15 is 0 Å². The lowest BCUT2D eigenvalue weighted by Gasteiger charge is -2.34. The maximum Gasteiger partial charge on any atom is 0.0499 e. The minimum atomic E-state index is 0.0256. The lowest BCUT2D eigenvalue weighted by atomic mass is 9.74. The molecule has 3 N–H and O–H groups in total. The average Bonchev–Trinajstić information content (AvgIpc) is 3.08. The monoisotopic (exact) mass is 213 g/mol. The molecule has 0 radical (unpaired) electrons. The van der Waals surface area contributed by atoms with Crippen molar-refractivity contribution in [2.45, 2.75) is 52.4 Å². The Morgan fingerprint density at radius 3 is 2.27 bits per heavy atom. The second-order valence-electron chi connectivity index (χ2n) is 5.40. The Morgan fingerprint density at radius 2 is 1.93 bits per heavy atom. The lowest BCUT2D eigenvalue weighted by molar-refractivity contribution is 0.0855. The predicted molar refractivity (Wildman–Crippen MR) is 64.6 cm³/mol. The molecular weight excluding hydrogens is 186 g/mol. The van der Waals surface area contributed by atoms with E-state index in [9.17, 15) is 5.11 Å². The quantitative estimate of drug-likeness (QED) is 0.651. The average molecular weight is 213 g/mol. The third-order valence-corrected chi connectivity index (χ3v) is 4.06. The van der Waals surface area contributed by atoms with Crippen LogP contribution >= 0.6 is 0 Å². The summed E-state index contributed by atoms with van der Waals surface area (Å²) in [5, 5.41) is 9.61. The van der Waals surface area contributed by atoms with Gasteiger partial charge in [-0.05, 0) is 24.7 Å². The molecule has 2 heteroatoms. The molecule has 0 aromatic heterocycles. The van der Waals surface area contributed by atoms with Crippen molar-refractivity contribution in [2.75, 3.05) is 13.2 Å². The predicted octanol–water partition coefficient (Wildman–Crippen LogP) is 2.55. The molecule has 0 heterocycles. The van der Waals surface area contributed by atoms with Crippen molar-refractivity contribution in [3.8, 4) is 0 Å². The minimum absolute atomic E-state index is 0.0256. The molecular formula is C13H27NO. The van der Waals surface area contributed by atoms with Gasteiger partial charge in [-0.15, -0.1) is 0 Å². The highest BCUT2D eigenvalue weighted by Gasteiger charge is 2.36. The van der Waals surface area contributed by atoms with E-state index in [1.807, 2.05) is 0 Å². The van der Waals surface area contributed by atoms with Crippen LogP contribution in [0.3, 0.4) is 0 Å². The van der Waals surface area contributed by atoms with Gasteiger partial charge in [0.1, 0.15) is 0 Å². The number of nitrogens with two attached hydrogens (primary N) is 1. The first-order valence-corrected chi connectivity index (χ1v) is 6.50. The van der Waals surface area contributed by atoms with Crippen molar-refractivity contribution >= 4 is 0 Å². The van der Waals surface area contributed by atoms with Crippen molar-refractivity contribution in [2.24, 2.45) is 23.0 Å². The van der Waals surface area contributed by atoms with Gasteiger partial charge in [0.15, 0.2) is 0 Å². The number of rotatable bonds is 8. The Bertz CT molecular complexity index is 169. The van der Waals surface area contributed by atoms with Crippen LogP contribution in [0.25, 0.3) is 0 Å². The van der Waals surface area contributed by atoms with Crippen LogP contribution in [0, 0.1) is 17.3 Å². The molecule has 0 aromatic rings. The van der Waals surface area contributed by atoms with Gasteiger partial charge in [-0.3, -0.25) is 0 Å². The molecule has 1 fully saturated rings. The van der Waals surface area contributed by atoms with Crippen LogP contribution in [0.5, 0.6) is 0 Å². The molecule has 90 valence electrons.